The van der Waals surface area contributed by atoms with Crippen molar-refractivity contribution >= 4 is 22.8 Å². The highest BCUT2D eigenvalue weighted by Crippen LogP contribution is 2.25. The predicted octanol–water partition coefficient (Wildman–Crippen LogP) is 3.44. The van der Waals surface area contributed by atoms with Crippen LogP contribution in [0.1, 0.15) is 30.0 Å². The fourth-order valence-corrected chi connectivity index (χ4v) is 2.77. The van der Waals surface area contributed by atoms with Gasteiger partial charge in [-0.3, -0.25) is 5.32 Å². The highest BCUT2D eigenvalue weighted by atomic mass is 16.2. The molecule has 0 aliphatic rings. The average molecular weight is 348 g/mol. The van der Waals surface area contributed by atoms with E-state index in [-0.39, 0.29) is 11.6 Å². The lowest BCUT2D eigenvalue weighted by atomic mass is 10.1. The maximum Gasteiger partial charge on any atom is 0.320 e. The summed E-state index contributed by atoms with van der Waals surface area (Å²) in [5, 5.41) is 20.1. The average Bonchev–Trinajstić information content (AvgIpc) is 3.03. The van der Waals surface area contributed by atoms with Crippen LogP contribution in [0, 0.1) is 25.2 Å². The molecule has 0 aliphatic carbocycles. The van der Waals surface area contributed by atoms with Crippen molar-refractivity contribution in [3.63, 3.8) is 0 Å². The molecule has 3 aromatic rings. The van der Waals surface area contributed by atoms with Gasteiger partial charge in [-0.05, 0) is 37.5 Å². The summed E-state index contributed by atoms with van der Waals surface area (Å²) in [4.78, 5) is 16.8. The lowest BCUT2D eigenvalue weighted by Gasteiger charge is -2.12. The summed E-state index contributed by atoms with van der Waals surface area (Å²) < 4.78 is 1.49. The summed E-state index contributed by atoms with van der Waals surface area (Å²) in [6.07, 6.45) is 2.25. The van der Waals surface area contributed by atoms with E-state index in [1.165, 1.54) is 10.9 Å². The molecule has 2 aromatic heterocycles. The second-order valence-corrected chi connectivity index (χ2v) is 6.08. The van der Waals surface area contributed by atoms with Crippen molar-refractivity contribution < 1.29 is 4.79 Å². The molecule has 3 rings (SSSR count). The van der Waals surface area contributed by atoms with Crippen LogP contribution in [0.5, 0.6) is 0 Å². The summed E-state index contributed by atoms with van der Waals surface area (Å²) in [5.41, 5.74) is 3.25. The van der Waals surface area contributed by atoms with Crippen LogP contribution in [0.3, 0.4) is 0 Å². The Labute approximate surface area is 151 Å². The summed E-state index contributed by atoms with van der Waals surface area (Å²) in [6, 6.07) is 9.60. The van der Waals surface area contributed by atoms with Crippen LogP contribution in [0.25, 0.3) is 16.7 Å². The zero-order valence-electron chi connectivity index (χ0n) is 15.0. The van der Waals surface area contributed by atoms with Crippen molar-refractivity contribution in [1.82, 2.24) is 20.1 Å². The summed E-state index contributed by atoms with van der Waals surface area (Å²) in [6.45, 7) is 6.52. The molecular weight excluding hydrogens is 328 g/mol. The van der Waals surface area contributed by atoms with E-state index in [4.69, 9.17) is 4.98 Å². The van der Waals surface area contributed by atoms with Crippen LogP contribution < -0.4 is 10.6 Å². The van der Waals surface area contributed by atoms with Gasteiger partial charge in [0, 0.05) is 11.9 Å². The number of carbonyl (C=O) groups excluding carboxylic acids is 1. The lowest BCUT2D eigenvalue weighted by Crippen LogP contribution is -2.30. The van der Waals surface area contributed by atoms with Crippen LogP contribution >= 0.6 is 0 Å². The Balaban J connectivity index is 2.09. The monoisotopic (exact) mass is 348 g/mol. The van der Waals surface area contributed by atoms with Gasteiger partial charge in [-0.1, -0.05) is 25.1 Å². The molecule has 0 saturated carbocycles. The van der Waals surface area contributed by atoms with Crippen LogP contribution in [0.4, 0.5) is 10.6 Å². The molecule has 0 atom stereocenters. The van der Waals surface area contributed by atoms with Gasteiger partial charge in [0.2, 0.25) is 0 Å². The molecule has 0 unspecified atom stereocenters. The molecule has 0 fully saturated rings. The van der Waals surface area contributed by atoms with E-state index >= 15 is 0 Å². The van der Waals surface area contributed by atoms with Crippen LogP contribution in [0.2, 0.25) is 0 Å². The lowest BCUT2D eigenvalue weighted by molar-refractivity contribution is 0.252. The Hall–Kier alpha value is -3.40. The van der Waals surface area contributed by atoms with Crippen LogP contribution in [0.15, 0.2) is 30.5 Å². The zero-order chi connectivity index (χ0) is 18.7. The number of benzene rings is 1. The Morgan fingerprint density at radius 2 is 2.12 bits per heavy atom. The summed E-state index contributed by atoms with van der Waals surface area (Å²) in [7, 11) is 0. The molecule has 0 aliphatic heterocycles. The Morgan fingerprint density at radius 1 is 1.31 bits per heavy atom. The Morgan fingerprint density at radius 3 is 2.85 bits per heavy atom. The number of hydrogen-bond donors (Lipinski definition) is 2. The van der Waals surface area contributed by atoms with Crippen molar-refractivity contribution in [2.45, 2.75) is 27.2 Å². The number of fused-ring (bicyclic) bond motifs is 1. The largest absolute Gasteiger partial charge is 0.338 e. The van der Waals surface area contributed by atoms with Crippen molar-refractivity contribution in [3.8, 4) is 11.9 Å². The second kappa shape index (κ2) is 7.23. The van der Waals surface area contributed by atoms with E-state index in [9.17, 15) is 10.1 Å². The summed E-state index contributed by atoms with van der Waals surface area (Å²) in [5.74, 6) is 0.859. The minimum absolute atomic E-state index is 0.279. The normalized spacial score (nSPS) is 10.5. The van der Waals surface area contributed by atoms with Gasteiger partial charge in [-0.2, -0.15) is 15.0 Å². The number of carbonyl (C=O) groups is 1. The SMILES string of the molecule is CCCNC(=O)Nc1c(C#N)cnn1-c1cc(C)c2cccc(C)c2n1. The molecule has 0 radical (unpaired) electrons. The molecule has 2 amide bonds. The van der Waals surface area contributed by atoms with Gasteiger partial charge in [-0.15, -0.1) is 0 Å². The fraction of sp³-hybridized carbons (Fsp3) is 0.263. The number of rotatable bonds is 4. The van der Waals surface area contributed by atoms with E-state index in [1.54, 1.807) is 0 Å². The van der Waals surface area contributed by atoms with Crippen molar-refractivity contribution in [1.29, 1.82) is 5.26 Å². The first-order valence-electron chi connectivity index (χ1n) is 8.45. The van der Waals surface area contributed by atoms with Crippen molar-refractivity contribution in [2.75, 3.05) is 11.9 Å². The van der Waals surface area contributed by atoms with Gasteiger partial charge in [0.1, 0.15) is 11.6 Å². The predicted molar refractivity (Wildman–Crippen MR) is 100 cm³/mol. The maximum atomic E-state index is 12.1. The smallest absolute Gasteiger partial charge is 0.320 e. The minimum Gasteiger partial charge on any atom is -0.338 e. The van der Waals surface area contributed by atoms with E-state index < -0.39 is 0 Å². The molecule has 7 nitrogen and oxygen atoms in total. The highest BCUT2D eigenvalue weighted by Gasteiger charge is 2.17. The third kappa shape index (κ3) is 3.22. The summed E-state index contributed by atoms with van der Waals surface area (Å²) >= 11 is 0. The van der Waals surface area contributed by atoms with Crippen molar-refractivity contribution in [3.05, 3.63) is 47.2 Å². The first kappa shape index (κ1) is 17.4. The molecule has 0 saturated heterocycles. The van der Waals surface area contributed by atoms with Crippen LogP contribution in [-0.2, 0) is 0 Å². The minimum atomic E-state index is -0.376. The Kier molecular flexibility index (Phi) is 4.85. The number of hydrogen-bond acceptors (Lipinski definition) is 4. The number of pyridine rings is 1. The van der Waals surface area contributed by atoms with Gasteiger partial charge in [0.25, 0.3) is 0 Å². The van der Waals surface area contributed by atoms with Gasteiger partial charge in [0.05, 0.1) is 11.7 Å². The number of nitrogens with zero attached hydrogens (tertiary/aromatic N) is 4. The van der Waals surface area contributed by atoms with Gasteiger partial charge in [0.15, 0.2) is 11.6 Å². The molecule has 2 N–H and O–H groups in total. The topological polar surface area (TPSA) is 95.6 Å². The van der Waals surface area contributed by atoms with E-state index in [1.807, 2.05) is 45.0 Å². The highest BCUT2D eigenvalue weighted by molar-refractivity contribution is 5.90. The van der Waals surface area contributed by atoms with Gasteiger partial charge in [-0.25, -0.2) is 9.78 Å². The quantitative estimate of drug-likeness (QED) is 0.755. The third-order valence-corrected chi connectivity index (χ3v) is 4.11. The molecular formula is C19H20N6O. The number of urea groups is 1. The number of amides is 2. The van der Waals surface area contributed by atoms with Gasteiger partial charge >= 0.3 is 6.03 Å². The molecule has 132 valence electrons. The van der Waals surface area contributed by atoms with E-state index in [0.29, 0.717) is 18.2 Å². The molecule has 0 spiro atoms. The standard InChI is InChI=1S/C19H20N6O/c1-4-8-21-19(26)24-18-14(10-20)11-22-25(18)16-9-13(3)15-7-5-6-12(2)17(15)23-16/h5-7,9,11H,4,8H2,1-3H3,(H2,21,24,26). The number of anilines is 1. The molecule has 1 aromatic carbocycles. The maximum absolute atomic E-state index is 12.1. The first-order chi connectivity index (χ1) is 12.5. The number of para-hydroxylation sites is 1. The molecule has 0 bridgehead atoms. The van der Waals surface area contributed by atoms with Gasteiger partial charge < -0.3 is 5.32 Å². The number of aromatic nitrogens is 3. The number of nitriles is 1. The van der Waals surface area contributed by atoms with E-state index in [2.05, 4.69) is 21.8 Å². The van der Waals surface area contributed by atoms with Crippen LogP contribution in [-0.4, -0.2) is 27.3 Å². The number of aryl methyl sites for hydroxylation is 2. The third-order valence-electron chi connectivity index (χ3n) is 4.11. The molecule has 7 heteroatoms. The Bertz CT molecular complexity index is 1010. The zero-order valence-corrected chi connectivity index (χ0v) is 15.0. The first-order valence-corrected chi connectivity index (χ1v) is 8.45. The molecule has 26 heavy (non-hydrogen) atoms. The van der Waals surface area contributed by atoms with E-state index in [0.717, 1.165) is 28.5 Å². The molecule has 2 heterocycles. The second-order valence-electron chi connectivity index (χ2n) is 6.08. The number of nitrogens with one attached hydrogen (secondary N) is 2. The fourth-order valence-electron chi connectivity index (χ4n) is 2.77. The van der Waals surface area contributed by atoms with Crippen molar-refractivity contribution in [2.24, 2.45) is 0 Å².